The molecule has 0 heterocycles. The van der Waals surface area contributed by atoms with Crippen LogP contribution < -0.4 is 10.1 Å². The normalized spacial score (nSPS) is 10.4. The first-order valence-corrected chi connectivity index (χ1v) is 8.73. The van der Waals surface area contributed by atoms with Gasteiger partial charge in [-0.05, 0) is 73.5 Å². The van der Waals surface area contributed by atoms with Gasteiger partial charge in [0, 0.05) is 15.7 Å². The van der Waals surface area contributed by atoms with Crippen LogP contribution in [0.15, 0.2) is 71.2 Å². The van der Waals surface area contributed by atoms with Gasteiger partial charge in [0.2, 0.25) is 0 Å². The van der Waals surface area contributed by atoms with Gasteiger partial charge < -0.3 is 10.1 Å². The predicted molar refractivity (Wildman–Crippen MR) is 105 cm³/mol. The van der Waals surface area contributed by atoms with Gasteiger partial charge in [0.25, 0.3) is 5.91 Å². The van der Waals surface area contributed by atoms with E-state index in [1.165, 1.54) is 0 Å². The second-order valence-electron chi connectivity index (χ2n) is 5.81. The minimum absolute atomic E-state index is 0.143. The topological polar surface area (TPSA) is 38.3 Å². The SMILES string of the molecule is Cc1cccc(C)c1Oc1ccc(NC(=O)c2ccc(Br)cc2)cc1. The lowest BCUT2D eigenvalue weighted by Gasteiger charge is -2.12. The summed E-state index contributed by atoms with van der Waals surface area (Å²) in [6.07, 6.45) is 0. The Morgan fingerprint density at radius 2 is 1.48 bits per heavy atom. The van der Waals surface area contributed by atoms with E-state index in [1.807, 2.05) is 68.4 Å². The van der Waals surface area contributed by atoms with Gasteiger partial charge in [0.15, 0.2) is 0 Å². The molecule has 0 atom stereocenters. The lowest BCUT2D eigenvalue weighted by atomic mass is 10.1. The number of rotatable bonds is 4. The Morgan fingerprint density at radius 1 is 0.880 bits per heavy atom. The third kappa shape index (κ3) is 4.28. The number of halogens is 1. The van der Waals surface area contributed by atoms with Gasteiger partial charge >= 0.3 is 0 Å². The van der Waals surface area contributed by atoms with Crippen LogP contribution in [0.2, 0.25) is 0 Å². The summed E-state index contributed by atoms with van der Waals surface area (Å²) in [6.45, 7) is 4.05. The molecule has 3 aromatic rings. The molecule has 3 rings (SSSR count). The predicted octanol–water partition coefficient (Wildman–Crippen LogP) is 6.11. The maximum absolute atomic E-state index is 12.2. The van der Waals surface area contributed by atoms with Crippen LogP contribution in [-0.4, -0.2) is 5.91 Å². The van der Waals surface area contributed by atoms with E-state index in [9.17, 15) is 4.79 Å². The molecule has 0 aliphatic rings. The van der Waals surface area contributed by atoms with E-state index in [4.69, 9.17) is 4.74 Å². The Hall–Kier alpha value is -2.59. The Morgan fingerprint density at radius 3 is 2.08 bits per heavy atom. The highest BCUT2D eigenvalue weighted by molar-refractivity contribution is 9.10. The van der Waals surface area contributed by atoms with Crippen molar-refractivity contribution in [3.8, 4) is 11.5 Å². The minimum Gasteiger partial charge on any atom is -0.457 e. The first-order valence-electron chi connectivity index (χ1n) is 7.94. The average molecular weight is 396 g/mol. The van der Waals surface area contributed by atoms with Crippen LogP contribution >= 0.6 is 15.9 Å². The molecule has 0 saturated heterocycles. The second-order valence-corrected chi connectivity index (χ2v) is 6.72. The van der Waals surface area contributed by atoms with E-state index < -0.39 is 0 Å². The number of hydrogen-bond donors (Lipinski definition) is 1. The molecule has 1 amide bonds. The molecule has 0 saturated carbocycles. The highest BCUT2D eigenvalue weighted by Gasteiger charge is 2.07. The van der Waals surface area contributed by atoms with E-state index in [1.54, 1.807) is 12.1 Å². The summed E-state index contributed by atoms with van der Waals surface area (Å²) >= 11 is 3.36. The Bertz CT molecular complexity index is 867. The number of carbonyl (C=O) groups excluding carboxylic acids is 1. The van der Waals surface area contributed by atoms with Crippen molar-refractivity contribution in [2.24, 2.45) is 0 Å². The molecule has 0 bridgehead atoms. The van der Waals surface area contributed by atoms with Crippen molar-refractivity contribution in [1.82, 2.24) is 0 Å². The summed E-state index contributed by atoms with van der Waals surface area (Å²) in [4.78, 5) is 12.2. The average Bonchev–Trinajstić information content (AvgIpc) is 2.60. The fraction of sp³-hybridized carbons (Fsp3) is 0.0952. The monoisotopic (exact) mass is 395 g/mol. The zero-order valence-electron chi connectivity index (χ0n) is 14.0. The number of aryl methyl sites for hydroxylation is 2. The first-order chi connectivity index (χ1) is 12.0. The summed E-state index contributed by atoms with van der Waals surface area (Å²) in [7, 11) is 0. The molecule has 25 heavy (non-hydrogen) atoms. The van der Waals surface area contributed by atoms with Crippen molar-refractivity contribution in [2.75, 3.05) is 5.32 Å². The van der Waals surface area contributed by atoms with E-state index in [0.717, 1.165) is 32.8 Å². The summed E-state index contributed by atoms with van der Waals surface area (Å²) in [5.41, 5.74) is 3.51. The van der Waals surface area contributed by atoms with Gasteiger partial charge in [-0.15, -0.1) is 0 Å². The molecule has 0 aliphatic heterocycles. The van der Waals surface area contributed by atoms with Crippen LogP contribution in [0.25, 0.3) is 0 Å². The van der Waals surface area contributed by atoms with Gasteiger partial charge in [0.05, 0.1) is 0 Å². The number of carbonyl (C=O) groups is 1. The Kier molecular flexibility index (Phi) is 5.19. The molecule has 0 aromatic heterocycles. The maximum atomic E-state index is 12.2. The van der Waals surface area contributed by atoms with Crippen LogP contribution in [0.3, 0.4) is 0 Å². The summed E-state index contributed by atoms with van der Waals surface area (Å²) in [5, 5.41) is 2.88. The zero-order valence-corrected chi connectivity index (χ0v) is 15.6. The quantitative estimate of drug-likeness (QED) is 0.578. The van der Waals surface area contributed by atoms with Gasteiger partial charge in [-0.2, -0.15) is 0 Å². The molecule has 0 unspecified atom stereocenters. The number of nitrogens with one attached hydrogen (secondary N) is 1. The molecule has 1 N–H and O–H groups in total. The molecule has 0 fully saturated rings. The molecular formula is C21H18BrNO2. The van der Waals surface area contributed by atoms with Crippen molar-refractivity contribution in [3.63, 3.8) is 0 Å². The first kappa shape index (κ1) is 17.2. The van der Waals surface area contributed by atoms with Gasteiger partial charge in [-0.25, -0.2) is 0 Å². The molecule has 0 radical (unpaired) electrons. The smallest absolute Gasteiger partial charge is 0.255 e. The van der Waals surface area contributed by atoms with Crippen molar-refractivity contribution in [3.05, 3.63) is 87.9 Å². The molecule has 0 spiro atoms. The number of benzene rings is 3. The molecular weight excluding hydrogens is 378 g/mol. The third-order valence-electron chi connectivity index (χ3n) is 3.85. The lowest BCUT2D eigenvalue weighted by molar-refractivity contribution is 0.102. The lowest BCUT2D eigenvalue weighted by Crippen LogP contribution is -2.11. The standard InChI is InChI=1S/C21H18BrNO2/c1-14-4-3-5-15(2)20(14)25-19-12-10-18(11-13-19)23-21(24)16-6-8-17(22)9-7-16/h3-13H,1-2H3,(H,23,24). The largest absolute Gasteiger partial charge is 0.457 e. The molecule has 3 nitrogen and oxygen atoms in total. The minimum atomic E-state index is -0.143. The zero-order chi connectivity index (χ0) is 17.8. The van der Waals surface area contributed by atoms with Crippen molar-refractivity contribution >= 4 is 27.5 Å². The number of ether oxygens (including phenoxy) is 1. The van der Waals surface area contributed by atoms with Crippen LogP contribution in [0.5, 0.6) is 11.5 Å². The van der Waals surface area contributed by atoms with Crippen LogP contribution in [0.1, 0.15) is 21.5 Å². The highest BCUT2D eigenvalue weighted by Crippen LogP contribution is 2.29. The number of hydrogen-bond acceptors (Lipinski definition) is 2. The second kappa shape index (κ2) is 7.53. The van der Waals surface area contributed by atoms with E-state index >= 15 is 0 Å². The molecule has 126 valence electrons. The Balaban J connectivity index is 1.70. The van der Waals surface area contributed by atoms with Gasteiger partial charge in [-0.3, -0.25) is 4.79 Å². The number of anilines is 1. The van der Waals surface area contributed by atoms with E-state index in [-0.39, 0.29) is 5.91 Å². The summed E-state index contributed by atoms with van der Waals surface area (Å²) in [6, 6.07) is 20.7. The van der Waals surface area contributed by atoms with E-state index in [0.29, 0.717) is 5.56 Å². The molecule has 4 heteroatoms. The Labute approximate surface area is 155 Å². The van der Waals surface area contributed by atoms with Crippen LogP contribution in [0.4, 0.5) is 5.69 Å². The molecule has 3 aromatic carbocycles. The molecule has 0 aliphatic carbocycles. The van der Waals surface area contributed by atoms with Crippen molar-refractivity contribution < 1.29 is 9.53 Å². The summed E-state index contributed by atoms with van der Waals surface area (Å²) < 4.78 is 6.92. The number of amides is 1. The van der Waals surface area contributed by atoms with Gasteiger partial charge in [-0.1, -0.05) is 34.1 Å². The van der Waals surface area contributed by atoms with Gasteiger partial charge in [0.1, 0.15) is 11.5 Å². The summed E-state index contributed by atoms with van der Waals surface area (Å²) in [5.74, 6) is 1.46. The van der Waals surface area contributed by atoms with Crippen molar-refractivity contribution in [1.29, 1.82) is 0 Å². The van der Waals surface area contributed by atoms with Crippen LogP contribution in [-0.2, 0) is 0 Å². The van der Waals surface area contributed by atoms with Crippen LogP contribution in [0, 0.1) is 13.8 Å². The highest BCUT2D eigenvalue weighted by atomic mass is 79.9. The third-order valence-corrected chi connectivity index (χ3v) is 4.38. The number of para-hydroxylation sites is 1. The maximum Gasteiger partial charge on any atom is 0.255 e. The fourth-order valence-corrected chi connectivity index (χ4v) is 2.75. The van der Waals surface area contributed by atoms with Crippen molar-refractivity contribution in [2.45, 2.75) is 13.8 Å². The fourth-order valence-electron chi connectivity index (χ4n) is 2.49. The van der Waals surface area contributed by atoms with E-state index in [2.05, 4.69) is 21.2 Å².